The molecule has 0 saturated carbocycles. The summed E-state index contributed by atoms with van der Waals surface area (Å²) in [4.78, 5) is 0. The standard InChI is InChI=1S/C42H31NSSi/c1-5-13-31(14-6-1)32-21-27-39-40-28-24-34(30-42(40)44-41(39)29-32)43-33-22-25-38(26-23-33)45(35-15-7-2-8-16-35,36-17-9-3-10-18-36)37-19-11-4-12-20-37/h1-30,43H. The predicted octanol–water partition coefficient (Wildman–Crippen LogP) is 8.84. The third-order valence-corrected chi connectivity index (χ3v) is 14.7. The Balaban J connectivity index is 1.16. The number of hydrogen-bond acceptors (Lipinski definition) is 2. The molecule has 0 spiro atoms. The summed E-state index contributed by atoms with van der Waals surface area (Å²) in [6.07, 6.45) is 0. The number of benzene rings is 7. The molecule has 1 nitrogen and oxygen atoms in total. The molecule has 0 amide bonds. The average molecular weight is 610 g/mol. The van der Waals surface area contributed by atoms with Gasteiger partial charge in [0.1, 0.15) is 0 Å². The summed E-state index contributed by atoms with van der Waals surface area (Å²) in [5.41, 5.74) is 4.70. The van der Waals surface area contributed by atoms with Crippen LogP contribution >= 0.6 is 11.3 Å². The molecule has 1 N–H and O–H groups in total. The molecule has 1 aromatic heterocycles. The van der Waals surface area contributed by atoms with Gasteiger partial charge in [-0.3, -0.25) is 0 Å². The number of rotatable bonds is 7. The van der Waals surface area contributed by atoms with Crippen LogP contribution in [0.5, 0.6) is 0 Å². The highest BCUT2D eigenvalue weighted by atomic mass is 32.1. The Kier molecular flexibility index (Phi) is 7.11. The molecule has 7 aromatic carbocycles. The number of hydrogen-bond donors (Lipinski definition) is 1. The summed E-state index contributed by atoms with van der Waals surface area (Å²) < 4.78 is 2.61. The Morgan fingerprint density at radius 2 is 0.800 bits per heavy atom. The highest BCUT2D eigenvalue weighted by Crippen LogP contribution is 2.38. The molecule has 8 aromatic rings. The fourth-order valence-corrected chi connectivity index (χ4v) is 12.6. The fraction of sp³-hybridized carbons (Fsp3) is 0. The highest BCUT2D eigenvalue weighted by molar-refractivity contribution is 7.25. The van der Waals surface area contributed by atoms with E-state index in [9.17, 15) is 0 Å². The van der Waals surface area contributed by atoms with Crippen LogP contribution in [0.4, 0.5) is 11.4 Å². The molecular weight excluding hydrogens is 579 g/mol. The minimum atomic E-state index is -2.53. The Labute approximate surface area is 269 Å². The molecular formula is C42H31NSSi. The number of anilines is 2. The first-order valence-corrected chi connectivity index (χ1v) is 18.2. The van der Waals surface area contributed by atoms with Crippen LogP contribution in [0.25, 0.3) is 31.3 Å². The van der Waals surface area contributed by atoms with Crippen molar-refractivity contribution in [1.29, 1.82) is 0 Å². The number of fused-ring (bicyclic) bond motifs is 3. The van der Waals surface area contributed by atoms with Gasteiger partial charge in [0, 0.05) is 31.5 Å². The minimum Gasteiger partial charge on any atom is -0.355 e. The third kappa shape index (κ3) is 4.97. The zero-order valence-electron chi connectivity index (χ0n) is 24.7. The van der Waals surface area contributed by atoms with Crippen LogP contribution in [0.3, 0.4) is 0 Å². The molecule has 214 valence electrons. The lowest BCUT2D eigenvalue weighted by Crippen LogP contribution is -2.74. The molecule has 45 heavy (non-hydrogen) atoms. The second-order valence-electron chi connectivity index (χ2n) is 11.4. The highest BCUT2D eigenvalue weighted by Gasteiger charge is 2.41. The van der Waals surface area contributed by atoms with Gasteiger partial charge < -0.3 is 5.32 Å². The van der Waals surface area contributed by atoms with E-state index in [-0.39, 0.29) is 0 Å². The van der Waals surface area contributed by atoms with Gasteiger partial charge in [-0.2, -0.15) is 0 Å². The lowest BCUT2D eigenvalue weighted by Gasteiger charge is -2.34. The van der Waals surface area contributed by atoms with Crippen molar-refractivity contribution in [3.05, 3.63) is 182 Å². The van der Waals surface area contributed by atoms with E-state index >= 15 is 0 Å². The van der Waals surface area contributed by atoms with E-state index in [0.29, 0.717) is 0 Å². The molecule has 3 heteroatoms. The summed E-state index contributed by atoms with van der Waals surface area (Å²) in [7, 11) is -2.53. The van der Waals surface area contributed by atoms with Gasteiger partial charge in [-0.25, -0.2) is 0 Å². The SMILES string of the molecule is c1ccc(-c2ccc3c(c2)sc2cc(Nc4ccc([Si](c5ccccc5)(c5ccccc5)c5ccccc5)cc4)ccc23)cc1. The van der Waals surface area contributed by atoms with Crippen LogP contribution in [-0.2, 0) is 0 Å². The molecule has 0 atom stereocenters. The third-order valence-electron chi connectivity index (χ3n) is 8.81. The summed E-state index contributed by atoms with van der Waals surface area (Å²) in [6, 6.07) is 66.6. The lowest BCUT2D eigenvalue weighted by atomic mass is 10.0. The van der Waals surface area contributed by atoms with E-state index in [1.54, 1.807) is 0 Å². The first kappa shape index (κ1) is 27.3. The van der Waals surface area contributed by atoms with Crippen LogP contribution in [0.2, 0.25) is 0 Å². The van der Waals surface area contributed by atoms with E-state index in [4.69, 9.17) is 0 Å². The topological polar surface area (TPSA) is 12.0 Å². The van der Waals surface area contributed by atoms with Crippen molar-refractivity contribution in [2.45, 2.75) is 0 Å². The molecule has 0 aliphatic heterocycles. The summed E-state index contributed by atoms with van der Waals surface area (Å²) >= 11 is 1.86. The van der Waals surface area contributed by atoms with Crippen LogP contribution in [0.15, 0.2) is 182 Å². The smallest absolute Gasteiger partial charge is 0.179 e. The number of thiophene rings is 1. The van der Waals surface area contributed by atoms with Gasteiger partial charge in [-0.15, -0.1) is 11.3 Å². The van der Waals surface area contributed by atoms with Gasteiger partial charge in [-0.05, 0) is 62.2 Å². The largest absolute Gasteiger partial charge is 0.355 e. The van der Waals surface area contributed by atoms with Gasteiger partial charge in [0.2, 0.25) is 0 Å². The van der Waals surface area contributed by atoms with Crippen molar-refractivity contribution in [3.8, 4) is 11.1 Å². The number of nitrogens with one attached hydrogen (secondary N) is 1. The lowest BCUT2D eigenvalue weighted by molar-refractivity contribution is 1.58. The minimum absolute atomic E-state index is 1.09. The Morgan fingerprint density at radius 3 is 1.36 bits per heavy atom. The molecule has 0 bridgehead atoms. The Hall–Kier alpha value is -5.22. The molecule has 1 heterocycles. The maximum Gasteiger partial charge on any atom is 0.179 e. The van der Waals surface area contributed by atoms with Gasteiger partial charge in [0.25, 0.3) is 0 Å². The normalized spacial score (nSPS) is 11.6. The van der Waals surface area contributed by atoms with Crippen molar-refractivity contribution < 1.29 is 0 Å². The maximum atomic E-state index is 3.70. The van der Waals surface area contributed by atoms with E-state index in [2.05, 4.69) is 187 Å². The quantitative estimate of drug-likeness (QED) is 0.141. The van der Waals surface area contributed by atoms with Crippen molar-refractivity contribution in [3.63, 3.8) is 0 Å². The second-order valence-corrected chi connectivity index (χ2v) is 16.3. The Morgan fingerprint density at radius 1 is 0.356 bits per heavy atom. The monoisotopic (exact) mass is 609 g/mol. The van der Waals surface area contributed by atoms with Gasteiger partial charge in [-0.1, -0.05) is 152 Å². The molecule has 0 aliphatic rings. The van der Waals surface area contributed by atoms with Crippen LogP contribution < -0.4 is 26.1 Å². The van der Waals surface area contributed by atoms with Gasteiger partial charge in [0.15, 0.2) is 8.07 Å². The van der Waals surface area contributed by atoms with Crippen LogP contribution in [-0.4, -0.2) is 8.07 Å². The molecule has 0 saturated heterocycles. The van der Waals surface area contributed by atoms with Crippen LogP contribution in [0.1, 0.15) is 0 Å². The second kappa shape index (κ2) is 11.7. The van der Waals surface area contributed by atoms with E-state index in [1.807, 2.05) is 11.3 Å². The first-order valence-electron chi connectivity index (χ1n) is 15.3. The molecule has 0 aliphatic carbocycles. The molecule has 0 unspecified atom stereocenters. The van der Waals surface area contributed by atoms with Gasteiger partial charge in [0.05, 0.1) is 0 Å². The molecule has 0 fully saturated rings. The predicted molar refractivity (Wildman–Crippen MR) is 198 cm³/mol. The summed E-state index contributed by atoms with van der Waals surface area (Å²) in [5.74, 6) is 0. The average Bonchev–Trinajstić information content (AvgIpc) is 3.48. The maximum absolute atomic E-state index is 3.70. The van der Waals surface area contributed by atoms with Crippen molar-refractivity contribution in [1.82, 2.24) is 0 Å². The Bertz CT molecular complexity index is 2110. The summed E-state index contributed by atoms with van der Waals surface area (Å²) in [6.45, 7) is 0. The van der Waals surface area contributed by atoms with Crippen molar-refractivity contribution >= 4 is 71.7 Å². The van der Waals surface area contributed by atoms with Crippen LogP contribution in [0, 0.1) is 0 Å². The fourth-order valence-electron chi connectivity index (χ4n) is 6.70. The van der Waals surface area contributed by atoms with Crippen molar-refractivity contribution in [2.75, 3.05) is 5.32 Å². The zero-order valence-corrected chi connectivity index (χ0v) is 26.5. The van der Waals surface area contributed by atoms with Gasteiger partial charge >= 0.3 is 0 Å². The van der Waals surface area contributed by atoms with E-state index in [0.717, 1.165) is 11.4 Å². The summed E-state index contributed by atoms with van der Waals surface area (Å²) in [5, 5.41) is 11.8. The van der Waals surface area contributed by atoms with E-state index in [1.165, 1.54) is 52.0 Å². The zero-order chi connectivity index (χ0) is 30.1. The first-order chi connectivity index (χ1) is 22.3. The molecule has 0 radical (unpaired) electrons. The van der Waals surface area contributed by atoms with E-state index < -0.39 is 8.07 Å². The molecule has 8 rings (SSSR count). The van der Waals surface area contributed by atoms with Crippen molar-refractivity contribution in [2.24, 2.45) is 0 Å².